The molecule has 0 atom stereocenters. The Hall–Kier alpha value is -1.20. The lowest BCUT2D eigenvalue weighted by Gasteiger charge is -2.48. The van der Waals surface area contributed by atoms with Gasteiger partial charge in [0, 0.05) is 6.61 Å². The van der Waals surface area contributed by atoms with Crippen LogP contribution < -0.4 is 0 Å². The smallest absolute Gasteiger partial charge is 0.356 e. The SMILES string of the molecule is COC(=O)c1cccc(CO[Si-](C)(C)C(C)(C)C)n1. The molecule has 5 heteroatoms. The van der Waals surface area contributed by atoms with Crippen LogP contribution in [0.25, 0.3) is 0 Å². The highest BCUT2D eigenvalue weighted by atomic mass is 28.4. The van der Waals surface area contributed by atoms with E-state index in [1.807, 2.05) is 6.07 Å². The molecule has 0 aliphatic heterocycles. The lowest BCUT2D eigenvalue weighted by Crippen LogP contribution is -2.40. The number of rotatable bonds is 4. The van der Waals surface area contributed by atoms with Crippen LogP contribution in [0, 0.1) is 0 Å². The fraction of sp³-hybridized carbons (Fsp3) is 0.571. The molecule has 0 spiro atoms. The second-order valence-corrected chi connectivity index (χ2v) is 10.9. The number of hydrogen-bond acceptors (Lipinski definition) is 4. The number of esters is 1. The van der Waals surface area contributed by atoms with Crippen molar-refractivity contribution in [3.05, 3.63) is 29.6 Å². The van der Waals surface area contributed by atoms with Gasteiger partial charge < -0.3 is 9.16 Å². The van der Waals surface area contributed by atoms with Gasteiger partial charge in [0.1, 0.15) is 5.69 Å². The molecule has 0 bridgehead atoms. The summed E-state index contributed by atoms with van der Waals surface area (Å²) in [5.74, 6) is -0.422. The van der Waals surface area contributed by atoms with Crippen LogP contribution in [0.15, 0.2) is 18.2 Å². The van der Waals surface area contributed by atoms with Crippen LogP contribution in [-0.4, -0.2) is 26.4 Å². The highest BCUT2D eigenvalue weighted by molar-refractivity contribution is 6.74. The maximum Gasteiger partial charge on any atom is 0.356 e. The van der Waals surface area contributed by atoms with Gasteiger partial charge in [-0.25, -0.2) is 9.78 Å². The molecule has 0 aromatic carbocycles. The van der Waals surface area contributed by atoms with Gasteiger partial charge in [-0.05, 0) is 20.5 Å². The van der Waals surface area contributed by atoms with Crippen LogP contribution in [0.1, 0.15) is 37.0 Å². The first-order chi connectivity index (χ1) is 8.67. The van der Waals surface area contributed by atoms with Crippen molar-refractivity contribution < 1.29 is 14.0 Å². The van der Waals surface area contributed by atoms with Crippen molar-refractivity contribution in [2.75, 3.05) is 7.11 Å². The zero-order valence-electron chi connectivity index (χ0n) is 12.6. The minimum atomic E-state index is -1.80. The van der Waals surface area contributed by atoms with Crippen molar-refractivity contribution in [2.45, 2.75) is 45.5 Å². The van der Waals surface area contributed by atoms with Crippen LogP contribution in [-0.2, 0) is 15.8 Å². The Kier molecular flexibility index (Phi) is 4.87. The van der Waals surface area contributed by atoms with Gasteiger partial charge in [-0.2, -0.15) is 0 Å². The van der Waals surface area contributed by atoms with Gasteiger partial charge in [0.2, 0.25) is 0 Å². The number of aromatic nitrogens is 1. The van der Waals surface area contributed by atoms with Crippen molar-refractivity contribution in [2.24, 2.45) is 0 Å². The van der Waals surface area contributed by atoms with Gasteiger partial charge >= 0.3 is 5.97 Å². The Morgan fingerprint density at radius 1 is 1.32 bits per heavy atom. The summed E-state index contributed by atoms with van der Waals surface area (Å²) in [5, 5.41) is 0.160. The maximum absolute atomic E-state index is 11.4. The first-order valence-electron chi connectivity index (χ1n) is 6.35. The molecule has 4 nitrogen and oxygen atoms in total. The van der Waals surface area contributed by atoms with Crippen LogP contribution >= 0.6 is 0 Å². The summed E-state index contributed by atoms with van der Waals surface area (Å²) in [7, 11) is -0.447. The maximum atomic E-state index is 11.4. The molecule has 0 amide bonds. The summed E-state index contributed by atoms with van der Waals surface area (Å²) in [6, 6.07) is 5.30. The predicted octanol–water partition coefficient (Wildman–Crippen LogP) is 3.39. The number of ether oxygens (including phenoxy) is 1. The van der Waals surface area contributed by atoms with E-state index in [-0.39, 0.29) is 5.04 Å². The van der Waals surface area contributed by atoms with Crippen LogP contribution in [0.5, 0.6) is 0 Å². The minimum absolute atomic E-state index is 0.160. The highest BCUT2D eigenvalue weighted by Gasteiger charge is 2.24. The van der Waals surface area contributed by atoms with Crippen molar-refractivity contribution in [1.82, 2.24) is 4.98 Å². The number of nitrogens with zero attached hydrogens (tertiary/aromatic N) is 1. The third-order valence-corrected chi connectivity index (χ3v) is 8.07. The largest absolute Gasteiger partial charge is 0.560 e. The molecule has 1 aromatic heterocycles. The summed E-state index contributed by atoms with van der Waals surface area (Å²) in [5.41, 5.74) is 1.08. The normalized spacial score (nSPS) is 12.3. The molecule has 0 aliphatic rings. The van der Waals surface area contributed by atoms with E-state index in [0.717, 1.165) is 5.69 Å². The number of carbonyl (C=O) groups is 1. The minimum Gasteiger partial charge on any atom is -0.560 e. The average molecular weight is 281 g/mol. The molecule has 107 valence electrons. The first-order valence-corrected chi connectivity index (χ1v) is 9.26. The highest BCUT2D eigenvalue weighted by Crippen LogP contribution is 2.36. The molecule has 0 N–H and O–H groups in total. The first kappa shape index (κ1) is 15.9. The van der Waals surface area contributed by atoms with E-state index in [1.54, 1.807) is 12.1 Å². The molecule has 19 heavy (non-hydrogen) atoms. The number of pyridine rings is 1. The Morgan fingerprint density at radius 3 is 2.47 bits per heavy atom. The second kappa shape index (κ2) is 5.84. The third kappa shape index (κ3) is 4.14. The quantitative estimate of drug-likeness (QED) is 0.627. The van der Waals surface area contributed by atoms with E-state index >= 15 is 0 Å². The average Bonchev–Trinajstić information content (AvgIpc) is 2.34. The number of hydrogen-bond donors (Lipinski definition) is 0. The Labute approximate surface area is 116 Å². The fourth-order valence-electron chi connectivity index (χ4n) is 1.25. The summed E-state index contributed by atoms with van der Waals surface area (Å²) >= 11 is 0. The van der Waals surface area contributed by atoms with Gasteiger partial charge in [-0.1, -0.05) is 26.8 Å². The molecule has 0 aliphatic carbocycles. The number of carbonyl (C=O) groups excluding carboxylic acids is 1. The van der Waals surface area contributed by atoms with E-state index < -0.39 is 14.3 Å². The topological polar surface area (TPSA) is 48.4 Å². The van der Waals surface area contributed by atoms with E-state index in [1.165, 1.54) is 7.11 Å². The lowest BCUT2D eigenvalue weighted by molar-refractivity contribution is 0.0593. The molecule has 0 saturated carbocycles. The third-order valence-electron chi connectivity index (χ3n) is 3.59. The van der Waals surface area contributed by atoms with Crippen LogP contribution in [0.3, 0.4) is 0 Å². The molecule has 0 saturated heterocycles. The monoisotopic (exact) mass is 281 g/mol. The van der Waals surface area contributed by atoms with Gasteiger partial charge in [0.15, 0.2) is 0 Å². The lowest BCUT2D eigenvalue weighted by atomic mass is 10.2. The summed E-state index contributed by atoms with van der Waals surface area (Å²) in [6.07, 6.45) is 0. The van der Waals surface area contributed by atoms with Gasteiger partial charge in [-0.15, -0.1) is 18.1 Å². The van der Waals surface area contributed by atoms with Crippen molar-refractivity contribution >= 4 is 14.3 Å². The van der Waals surface area contributed by atoms with Crippen molar-refractivity contribution in [3.63, 3.8) is 0 Å². The van der Waals surface area contributed by atoms with E-state index in [9.17, 15) is 4.79 Å². The molecular weight excluding hydrogens is 258 g/mol. The van der Waals surface area contributed by atoms with Gasteiger partial charge in [-0.3, -0.25) is 0 Å². The molecular formula is C14H23NO3Si-. The molecule has 1 aromatic rings. The van der Waals surface area contributed by atoms with Crippen LogP contribution in [0.2, 0.25) is 18.1 Å². The fourth-order valence-corrected chi connectivity index (χ4v) is 2.19. The van der Waals surface area contributed by atoms with E-state index in [0.29, 0.717) is 12.3 Å². The molecule has 1 heterocycles. The molecule has 0 radical (unpaired) electrons. The second-order valence-electron chi connectivity index (χ2n) is 6.05. The summed E-state index contributed by atoms with van der Waals surface area (Å²) in [4.78, 5) is 15.7. The zero-order valence-corrected chi connectivity index (χ0v) is 13.6. The van der Waals surface area contributed by atoms with Crippen LogP contribution in [0.4, 0.5) is 0 Å². The summed E-state index contributed by atoms with van der Waals surface area (Å²) < 4.78 is 10.7. The Balaban J connectivity index is 2.76. The Morgan fingerprint density at radius 2 is 1.95 bits per heavy atom. The van der Waals surface area contributed by atoms with E-state index in [4.69, 9.17) is 4.43 Å². The molecule has 1 rings (SSSR count). The van der Waals surface area contributed by atoms with Crippen molar-refractivity contribution in [1.29, 1.82) is 0 Å². The van der Waals surface area contributed by atoms with E-state index in [2.05, 4.69) is 43.6 Å². The number of methoxy groups -OCH3 is 1. The predicted molar refractivity (Wildman–Crippen MR) is 77.6 cm³/mol. The van der Waals surface area contributed by atoms with Gasteiger partial charge in [0.05, 0.1) is 12.8 Å². The molecule has 0 unspecified atom stereocenters. The summed E-state index contributed by atoms with van der Waals surface area (Å²) in [6.45, 7) is 11.4. The standard InChI is InChI=1S/C14H23NO3Si/c1-14(2,3)19(5,6)18-10-11-8-7-9-12(15-11)13(16)17-4/h7-9H,10H2,1-6H3/q-1. The van der Waals surface area contributed by atoms with Crippen molar-refractivity contribution in [3.8, 4) is 0 Å². The van der Waals surface area contributed by atoms with Gasteiger partial charge in [0.25, 0.3) is 0 Å². The Bertz CT molecular complexity index is 452. The zero-order chi connectivity index (χ0) is 14.7. The molecule has 0 fully saturated rings.